The summed E-state index contributed by atoms with van der Waals surface area (Å²) in [4.78, 5) is 36.2. The molecule has 1 unspecified atom stereocenters. The van der Waals surface area contributed by atoms with Crippen LogP contribution in [-0.2, 0) is 16.6 Å². The van der Waals surface area contributed by atoms with Crippen molar-refractivity contribution in [3.05, 3.63) is 58.2 Å². The van der Waals surface area contributed by atoms with Crippen LogP contribution in [-0.4, -0.2) is 39.3 Å². The molecule has 0 radical (unpaired) electrons. The first-order chi connectivity index (χ1) is 15.2. The molecule has 7 nitrogen and oxygen atoms in total. The van der Waals surface area contributed by atoms with E-state index in [9.17, 15) is 14.4 Å². The number of benzene rings is 2. The Morgan fingerprint density at radius 1 is 1.12 bits per heavy atom. The quantitative estimate of drug-likeness (QED) is 0.391. The molecule has 1 aromatic heterocycles. The fourth-order valence-corrected chi connectivity index (χ4v) is 4.26. The summed E-state index contributed by atoms with van der Waals surface area (Å²) < 4.78 is 1.75. The van der Waals surface area contributed by atoms with Gasteiger partial charge in [-0.05, 0) is 49.4 Å². The largest absolute Gasteiger partial charge is 0.481 e. The Morgan fingerprint density at radius 3 is 2.47 bits per heavy atom. The lowest BCUT2D eigenvalue weighted by molar-refractivity contribution is -0.137. The number of aromatic nitrogens is 1. The first kappa shape index (κ1) is 24.0. The average Bonchev–Trinajstić information content (AvgIpc) is 3.07. The van der Waals surface area contributed by atoms with Crippen LogP contribution in [0.2, 0.25) is 10.0 Å². The smallest absolute Gasteiger partial charge is 0.305 e. The number of anilines is 1. The Labute approximate surface area is 199 Å². The molecule has 3 N–H and O–H groups in total. The standard InChI is InChI=1S/C22H21Cl2N3O4S/c1-12(9-20(29)30)25-19(28)11-32-14-5-3-13(4-6-14)26-22(31)18-10-15-17(27(18)2)8-7-16(23)21(15)24/h3-8,10,12H,9,11H2,1-2H3,(H,25,28)(H,26,31)(H,29,30). The Hall–Kier alpha value is -2.68. The second-order valence-corrected chi connectivity index (χ2v) is 9.05. The Bertz CT molecular complexity index is 1180. The molecule has 3 aromatic rings. The first-order valence-corrected chi connectivity index (χ1v) is 11.4. The van der Waals surface area contributed by atoms with E-state index in [0.717, 1.165) is 10.4 Å². The molecule has 0 aliphatic carbocycles. The van der Waals surface area contributed by atoms with Gasteiger partial charge in [-0.1, -0.05) is 23.2 Å². The molecule has 0 spiro atoms. The van der Waals surface area contributed by atoms with Crippen LogP contribution in [0.3, 0.4) is 0 Å². The minimum absolute atomic E-state index is 0.124. The monoisotopic (exact) mass is 493 g/mol. The highest BCUT2D eigenvalue weighted by Gasteiger charge is 2.17. The minimum atomic E-state index is -0.960. The summed E-state index contributed by atoms with van der Waals surface area (Å²) in [7, 11) is 1.78. The zero-order valence-electron chi connectivity index (χ0n) is 17.3. The zero-order chi connectivity index (χ0) is 23.4. The van der Waals surface area contributed by atoms with E-state index in [4.69, 9.17) is 28.3 Å². The molecule has 2 amide bonds. The fraction of sp³-hybridized carbons (Fsp3) is 0.227. The maximum absolute atomic E-state index is 12.8. The molecule has 0 aliphatic heterocycles. The van der Waals surface area contributed by atoms with Gasteiger partial charge in [-0.3, -0.25) is 14.4 Å². The number of carbonyl (C=O) groups excluding carboxylic acids is 2. The Kier molecular flexibility index (Phi) is 7.71. The molecular weight excluding hydrogens is 473 g/mol. The Balaban J connectivity index is 1.60. The zero-order valence-corrected chi connectivity index (χ0v) is 19.6. The molecule has 0 fully saturated rings. The van der Waals surface area contributed by atoms with Gasteiger partial charge in [0.15, 0.2) is 0 Å². The molecular formula is C22H21Cl2N3O4S. The molecule has 168 valence electrons. The van der Waals surface area contributed by atoms with Crippen LogP contribution >= 0.6 is 35.0 Å². The number of amides is 2. The van der Waals surface area contributed by atoms with Gasteiger partial charge in [-0.25, -0.2) is 0 Å². The average molecular weight is 494 g/mol. The first-order valence-electron chi connectivity index (χ1n) is 9.64. The summed E-state index contributed by atoms with van der Waals surface area (Å²) >= 11 is 13.7. The molecule has 0 aliphatic rings. The number of thioether (sulfide) groups is 1. The van der Waals surface area contributed by atoms with Crippen molar-refractivity contribution >= 4 is 69.3 Å². The number of carboxylic acid groups (broad SMARTS) is 1. The lowest BCUT2D eigenvalue weighted by Gasteiger charge is -2.11. The molecule has 32 heavy (non-hydrogen) atoms. The lowest BCUT2D eigenvalue weighted by atomic mass is 10.2. The SMILES string of the molecule is CC(CC(=O)O)NC(=O)CSc1ccc(NC(=O)c2cc3c(Cl)c(Cl)ccc3n2C)cc1. The van der Waals surface area contributed by atoms with Gasteiger partial charge in [0, 0.05) is 34.6 Å². The summed E-state index contributed by atoms with van der Waals surface area (Å²) in [6.45, 7) is 1.65. The van der Waals surface area contributed by atoms with Gasteiger partial charge >= 0.3 is 5.97 Å². The van der Waals surface area contributed by atoms with Crippen molar-refractivity contribution in [2.75, 3.05) is 11.1 Å². The summed E-state index contributed by atoms with van der Waals surface area (Å²) in [5.74, 6) is -1.33. The van der Waals surface area contributed by atoms with Crippen molar-refractivity contribution < 1.29 is 19.5 Å². The number of hydrogen-bond donors (Lipinski definition) is 3. The van der Waals surface area contributed by atoms with E-state index < -0.39 is 12.0 Å². The van der Waals surface area contributed by atoms with Crippen LogP contribution in [0.15, 0.2) is 47.4 Å². The summed E-state index contributed by atoms with van der Waals surface area (Å²) in [6, 6.07) is 11.9. The van der Waals surface area contributed by atoms with Crippen molar-refractivity contribution in [3.63, 3.8) is 0 Å². The minimum Gasteiger partial charge on any atom is -0.481 e. The molecule has 0 saturated carbocycles. The van der Waals surface area contributed by atoms with Crippen LogP contribution in [0.25, 0.3) is 10.9 Å². The third-order valence-corrected chi connectivity index (χ3v) is 6.55. The number of nitrogens with one attached hydrogen (secondary N) is 2. The second-order valence-electron chi connectivity index (χ2n) is 7.22. The number of halogens is 2. The van der Waals surface area contributed by atoms with Crippen LogP contribution in [0.5, 0.6) is 0 Å². The van der Waals surface area contributed by atoms with E-state index in [1.807, 2.05) is 6.07 Å². The molecule has 0 saturated heterocycles. The number of carbonyl (C=O) groups is 3. The van der Waals surface area contributed by atoms with Crippen molar-refractivity contribution in [1.82, 2.24) is 9.88 Å². The maximum Gasteiger partial charge on any atom is 0.305 e. The molecule has 0 bridgehead atoms. The lowest BCUT2D eigenvalue weighted by Crippen LogP contribution is -2.35. The third-order valence-electron chi connectivity index (χ3n) is 4.72. The number of fused-ring (bicyclic) bond motifs is 1. The molecule has 1 atom stereocenters. The van der Waals surface area contributed by atoms with Gasteiger partial charge in [0.1, 0.15) is 5.69 Å². The maximum atomic E-state index is 12.8. The van der Waals surface area contributed by atoms with Gasteiger partial charge < -0.3 is 20.3 Å². The van der Waals surface area contributed by atoms with Crippen molar-refractivity contribution in [2.45, 2.75) is 24.3 Å². The number of carboxylic acids is 1. The van der Waals surface area contributed by atoms with Gasteiger partial charge in [-0.2, -0.15) is 0 Å². The van der Waals surface area contributed by atoms with E-state index in [0.29, 0.717) is 26.8 Å². The van der Waals surface area contributed by atoms with Crippen molar-refractivity contribution in [3.8, 4) is 0 Å². The van der Waals surface area contributed by atoms with E-state index >= 15 is 0 Å². The summed E-state index contributed by atoms with van der Waals surface area (Å²) in [6.07, 6.45) is -0.124. The highest BCUT2D eigenvalue weighted by Crippen LogP contribution is 2.32. The number of aliphatic carboxylic acids is 1. The topological polar surface area (TPSA) is 100 Å². The van der Waals surface area contributed by atoms with Gasteiger partial charge in [-0.15, -0.1) is 11.8 Å². The molecule has 1 heterocycles. The molecule has 3 rings (SSSR count). The fourth-order valence-electron chi connectivity index (χ4n) is 3.18. The van der Waals surface area contributed by atoms with E-state index in [1.165, 1.54) is 11.8 Å². The summed E-state index contributed by atoms with van der Waals surface area (Å²) in [5, 5.41) is 15.8. The number of hydrogen-bond acceptors (Lipinski definition) is 4. The van der Waals surface area contributed by atoms with E-state index in [1.54, 1.807) is 54.9 Å². The van der Waals surface area contributed by atoms with Gasteiger partial charge in [0.2, 0.25) is 5.91 Å². The Morgan fingerprint density at radius 2 is 1.81 bits per heavy atom. The highest BCUT2D eigenvalue weighted by molar-refractivity contribution is 8.00. The van der Waals surface area contributed by atoms with Crippen LogP contribution in [0.4, 0.5) is 5.69 Å². The molecule has 10 heteroatoms. The number of aryl methyl sites for hydroxylation is 1. The van der Waals surface area contributed by atoms with Crippen molar-refractivity contribution in [1.29, 1.82) is 0 Å². The van der Waals surface area contributed by atoms with Crippen LogP contribution in [0.1, 0.15) is 23.8 Å². The van der Waals surface area contributed by atoms with E-state index in [-0.39, 0.29) is 24.0 Å². The third kappa shape index (κ3) is 5.76. The van der Waals surface area contributed by atoms with Crippen LogP contribution < -0.4 is 10.6 Å². The highest BCUT2D eigenvalue weighted by atomic mass is 35.5. The van der Waals surface area contributed by atoms with Gasteiger partial charge in [0.25, 0.3) is 5.91 Å². The van der Waals surface area contributed by atoms with Crippen LogP contribution in [0, 0.1) is 0 Å². The summed E-state index contributed by atoms with van der Waals surface area (Å²) in [5.41, 5.74) is 1.84. The predicted molar refractivity (Wildman–Crippen MR) is 128 cm³/mol. The number of rotatable bonds is 8. The van der Waals surface area contributed by atoms with E-state index in [2.05, 4.69) is 10.6 Å². The normalized spacial score (nSPS) is 11.9. The predicted octanol–water partition coefficient (Wildman–Crippen LogP) is 4.81. The van der Waals surface area contributed by atoms with Gasteiger partial charge in [0.05, 0.1) is 22.2 Å². The number of nitrogens with zero attached hydrogens (tertiary/aromatic N) is 1. The second kappa shape index (κ2) is 10.3. The molecule has 2 aromatic carbocycles. The van der Waals surface area contributed by atoms with Crippen molar-refractivity contribution in [2.24, 2.45) is 7.05 Å².